The number of carbonyl (C=O) groups is 1. The maximum Gasteiger partial charge on any atom is 0.259 e. The van der Waals surface area contributed by atoms with Crippen LogP contribution in [0.4, 0.5) is 0 Å². The molecule has 1 aromatic heterocycles. The molecule has 1 atom stereocenters. The SMILES string of the molecule is CCOc1ncccc1C(=O)N1CCCN(CC2CC(CC)=NO2)CC1. The van der Waals surface area contributed by atoms with E-state index in [0.29, 0.717) is 24.6 Å². The van der Waals surface area contributed by atoms with E-state index < -0.39 is 0 Å². The fourth-order valence-corrected chi connectivity index (χ4v) is 3.41. The number of amides is 1. The number of aromatic nitrogens is 1. The Hall–Kier alpha value is -2.15. The van der Waals surface area contributed by atoms with Gasteiger partial charge in [0, 0.05) is 45.3 Å². The number of hydrogen-bond acceptors (Lipinski definition) is 6. The van der Waals surface area contributed by atoms with E-state index in [2.05, 4.69) is 22.0 Å². The van der Waals surface area contributed by atoms with Gasteiger partial charge in [0.25, 0.3) is 5.91 Å². The molecule has 7 heteroatoms. The molecule has 7 nitrogen and oxygen atoms in total. The van der Waals surface area contributed by atoms with Crippen LogP contribution in [0.15, 0.2) is 23.5 Å². The normalized spacial score (nSPS) is 21.1. The maximum atomic E-state index is 12.9. The lowest BCUT2D eigenvalue weighted by molar-refractivity contribution is 0.0530. The fraction of sp³-hybridized carbons (Fsp3) is 0.632. The predicted octanol–water partition coefficient (Wildman–Crippen LogP) is 2.18. The van der Waals surface area contributed by atoms with Crippen molar-refractivity contribution in [2.75, 3.05) is 39.3 Å². The number of pyridine rings is 1. The largest absolute Gasteiger partial charge is 0.477 e. The van der Waals surface area contributed by atoms with E-state index in [-0.39, 0.29) is 12.0 Å². The topological polar surface area (TPSA) is 67.3 Å². The van der Waals surface area contributed by atoms with Crippen LogP contribution in [0.2, 0.25) is 0 Å². The number of rotatable bonds is 6. The monoisotopic (exact) mass is 360 g/mol. The van der Waals surface area contributed by atoms with Crippen LogP contribution in [0.3, 0.4) is 0 Å². The molecular weight excluding hydrogens is 332 g/mol. The quantitative estimate of drug-likeness (QED) is 0.778. The van der Waals surface area contributed by atoms with Crippen molar-refractivity contribution in [2.45, 2.75) is 39.2 Å². The van der Waals surface area contributed by atoms with E-state index in [1.807, 2.05) is 11.8 Å². The third-order valence-electron chi connectivity index (χ3n) is 4.82. The molecule has 1 saturated heterocycles. The van der Waals surface area contributed by atoms with Crippen LogP contribution >= 0.6 is 0 Å². The van der Waals surface area contributed by atoms with Crippen LogP contribution in [0, 0.1) is 0 Å². The van der Waals surface area contributed by atoms with Gasteiger partial charge in [-0.15, -0.1) is 0 Å². The molecular formula is C19H28N4O3. The molecule has 0 spiro atoms. The highest BCUT2D eigenvalue weighted by Gasteiger charge is 2.26. The average Bonchev–Trinajstić information content (AvgIpc) is 2.99. The highest BCUT2D eigenvalue weighted by molar-refractivity contribution is 5.96. The molecule has 1 amide bonds. The first-order valence-electron chi connectivity index (χ1n) is 9.52. The number of oxime groups is 1. The minimum Gasteiger partial charge on any atom is -0.477 e. The van der Waals surface area contributed by atoms with Crippen LogP contribution in [0.5, 0.6) is 5.88 Å². The zero-order valence-electron chi connectivity index (χ0n) is 15.7. The predicted molar refractivity (Wildman–Crippen MR) is 99.6 cm³/mol. The highest BCUT2D eigenvalue weighted by atomic mass is 16.6. The van der Waals surface area contributed by atoms with Crippen molar-refractivity contribution in [3.8, 4) is 5.88 Å². The lowest BCUT2D eigenvalue weighted by Gasteiger charge is -2.23. The molecule has 0 radical (unpaired) electrons. The third kappa shape index (κ3) is 4.52. The molecule has 3 heterocycles. The number of ether oxygens (including phenoxy) is 1. The fourth-order valence-electron chi connectivity index (χ4n) is 3.41. The second kappa shape index (κ2) is 8.98. The summed E-state index contributed by atoms with van der Waals surface area (Å²) in [7, 11) is 0. The second-order valence-electron chi connectivity index (χ2n) is 6.68. The van der Waals surface area contributed by atoms with Crippen molar-refractivity contribution in [1.29, 1.82) is 0 Å². The minimum atomic E-state index is -0.00267. The summed E-state index contributed by atoms with van der Waals surface area (Å²) < 4.78 is 5.51. The van der Waals surface area contributed by atoms with Crippen molar-refractivity contribution < 1.29 is 14.4 Å². The Balaban J connectivity index is 1.56. The standard InChI is InChI=1S/C19H28N4O3/c1-3-15-13-16(26-21-15)14-22-9-6-10-23(12-11-22)19(24)17-7-5-8-20-18(17)25-4-2/h5,7-8,16H,3-4,6,9-14H2,1-2H3. The van der Waals surface area contributed by atoms with E-state index in [1.165, 1.54) is 0 Å². The zero-order valence-corrected chi connectivity index (χ0v) is 15.7. The first-order chi connectivity index (χ1) is 12.7. The summed E-state index contributed by atoms with van der Waals surface area (Å²) in [5, 5.41) is 4.14. The van der Waals surface area contributed by atoms with Gasteiger partial charge in [0.1, 0.15) is 11.7 Å². The lowest BCUT2D eigenvalue weighted by atomic mass is 10.1. The second-order valence-corrected chi connectivity index (χ2v) is 6.68. The first kappa shape index (κ1) is 18.6. The molecule has 0 aliphatic carbocycles. The van der Waals surface area contributed by atoms with Crippen molar-refractivity contribution in [3.63, 3.8) is 0 Å². The Labute approximate surface area is 155 Å². The van der Waals surface area contributed by atoms with Gasteiger partial charge in [-0.3, -0.25) is 9.69 Å². The third-order valence-corrected chi connectivity index (χ3v) is 4.82. The molecule has 0 aromatic carbocycles. The van der Waals surface area contributed by atoms with Gasteiger partial charge < -0.3 is 14.5 Å². The van der Waals surface area contributed by atoms with Crippen LogP contribution in [-0.2, 0) is 4.84 Å². The molecule has 1 unspecified atom stereocenters. The van der Waals surface area contributed by atoms with E-state index >= 15 is 0 Å². The van der Waals surface area contributed by atoms with Gasteiger partial charge in [-0.1, -0.05) is 12.1 Å². The summed E-state index contributed by atoms with van der Waals surface area (Å²) in [4.78, 5) is 26.9. The van der Waals surface area contributed by atoms with Gasteiger partial charge in [-0.25, -0.2) is 4.98 Å². The molecule has 1 fully saturated rings. The Morgan fingerprint density at radius 1 is 1.31 bits per heavy atom. The molecule has 0 bridgehead atoms. The lowest BCUT2D eigenvalue weighted by Crippen LogP contribution is -2.38. The Kier molecular flexibility index (Phi) is 6.44. The highest BCUT2D eigenvalue weighted by Crippen LogP contribution is 2.19. The Morgan fingerprint density at radius 2 is 2.19 bits per heavy atom. The summed E-state index contributed by atoms with van der Waals surface area (Å²) in [6.45, 7) is 8.63. The van der Waals surface area contributed by atoms with Gasteiger partial charge in [0.2, 0.25) is 5.88 Å². The Bertz CT molecular complexity index is 649. The molecule has 3 rings (SSSR count). The van der Waals surface area contributed by atoms with E-state index in [4.69, 9.17) is 9.57 Å². The summed E-state index contributed by atoms with van der Waals surface area (Å²) in [6, 6.07) is 3.57. The average molecular weight is 360 g/mol. The van der Waals surface area contributed by atoms with E-state index in [0.717, 1.165) is 51.2 Å². The maximum absolute atomic E-state index is 12.9. The molecule has 142 valence electrons. The van der Waals surface area contributed by atoms with Crippen molar-refractivity contribution in [2.24, 2.45) is 5.16 Å². The van der Waals surface area contributed by atoms with Crippen LogP contribution < -0.4 is 4.74 Å². The molecule has 2 aliphatic heterocycles. The zero-order chi connectivity index (χ0) is 18.4. The van der Waals surface area contributed by atoms with Crippen molar-refractivity contribution in [3.05, 3.63) is 23.9 Å². The van der Waals surface area contributed by atoms with E-state index in [1.54, 1.807) is 18.3 Å². The summed E-state index contributed by atoms with van der Waals surface area (Å²) in [6.07, 6.45) is 4.62. The van der Waals surface area contributed by atoms with Gasteiger partial charge in [0.05, 0.1) is 12.3 Å². The summed E-state index contributed by atoms with van der Waals surface area (Å²) >= 11 is 0. The molecule has 1 aromatic rings. The summed E-state index contributed by atoms with van der Waals surface area (Å²) in [5.41, 5.74) is 1.68. The van der Waals surface area contributed by atoms with Crippen molar-refractivity contribution in [1.82, 2.24) is 14.8 Å². The molecule has 26 heavy (non-hydrogen) atoms. The van der Waals surface area contributed by atoms with Gasteiger partial charge >= 0.3 is 0 Å². The number of nitrogens with zero attached hydrogens (tertiary/aromatic N) is 4. The number of hydrogen-bond donors (Lipinski definition) is 0. The van der Waals surface area contributed by atoms with E-state index in [9.17, 15) is 4.79 Å². The molecule has 2 aliphatic rings. The van der Waals surface area contributed by atoms with Crippen LogP contribution in [0.1, 0.15) is 43.5 Å². The molecule has 0 saturated carbocycles. The number of carbonyl (C=O) groups excluding carboxylic acids is 1. The minimum absolute atomic E-state index is 0.00267. The smallest absolute Gasteiger partial charge is 0.259 e. The summed E-state index contributed by atoms with van der Waals surface area (Å²) in [5.74, 6) is 0.418. The van der Waals surface area contributed by atoms with Gasteiger partial charge in [0.15, 0.2) is 0 Å². The van der Waals surface area contributed by atoms with Crippen LogP contribution in [-0.4, -0.2) is 71.8 Å². The van der Waals surface area contributed by atoms with Crippen molar-refractivity contribution >= 4 is 11.6 Å². The van der Waals surface area contributed by atoms with Gasteiger partial charge in [-0.05, 0) is 31.9 Å². The van der Waals surface area contributed by atoms with Gasteiger partial charge in [-0.2, -0.15) is 0 Å². The van der Waals surface area contributed by atoms with Crippen LogP contribution in [0.25, 0.3) is 0 Å². The molecule has 0 N–H and O–H groups in total. The first-order valence-corrected chi connectivity index (χ1v) is 9.52. The Morgan fingerprint density at radius 3 is 2.96 bits per heavy atom.